The molecule has 0 saturated carbocycles. The van der Waals surface area contributed by atoms with E-state index in [4.69, 9.17) is 5.26 Å². The molecular weight excluding hydrogens is 220 g/mol. The van der Waals surface area contributed by atoms with Crippen LogP contribution in [-0.4, -0.2) is 4.57 Å². The van der Waals surface area contributed by atoms with E-state index in [0.717, 1.165) is 5.56 Å². The van der Waals surface area contributed by atoms with Crippen molar-refractivity contribution >= 4 is 0 Å². The van der Waals surface area contributed by atoms with Crippen molar-refractivity contribution in [3.05, 3.63) is 52.3 Å². The van der Waals surface area contributed by atoms with Crippen molar-refractivity contribution in [1.29, 1.82) is 5.26 Å². The Balaban J connectivity index is 2.64. The van der Waals surface area contributed by atoms with E-state index in [0.29, 0.717) is 6.42 Å². The number of hydrogen-bond acceptors (Lipinski definition) is 1. The Kier molecular flexibility index (Phi) is 3.25. The zero-order valence-corrected chi connectivity index (χ0v) is 11.4. The van der Waals surface area contributed by atoms with Gasteiger partial charge in [0.05, 0.1) is 12.5 Å². The second-order valence-corrected chi connectivity index (χ2v) is 4.86. The molecule has 18 heavy (non-hydrogen) atoms. The smallest absolute Gasteiger partial charge is 0.0670 e. The van der Waals surface area contributed by atoms with Gasteiger partial charge in [0.15, 0.2) is 0 Å². The van der Waals surface area contributed by atoms with Gasteiger partial charge in [0.25, 0.3) is 0 Å². The summed E-state index contributed by atoms with van der Waals surface area (Å²) >= 11 is 0. The van der Waals surface area contributed by atoms with Gasteiger partial charge >= 0.3 is 0 Å². The summed E-state index contributed by atoms with van der Waals surface area (Å²) in [6, 6.07) is 10.8. The maximum Gasteiger partial charge on any atom is 0.0670 e. The van der Waals surface area contributed by atoms with Gasteiger partial charge in [-0.2, -0.15) is 5.26 Å². The summed E-state index contributed by atoms with van der Waals surface area (Å²) in [6.07, 6.45) is 0.477. The summed E-state index contributed by atoms with van der Waals surface area (Å²) in [5.41, 5.74) is 7.20. The number of nitriles is 1. The van der Waals surface area contributed by atoms with Crippen LogP contribution in [0.5, 0.6) is 0 Å². The lowest BCUT2D eigenvalue weighted by Crippen LogP contribution is -2.02. The van der Waals surface area contributed by atoms with E-state index in [1.807, 2.05) is 0 Å². The highest BCUT2D eigenvalue weighted by molar-refractivity contribution is 5.48. The second kappa shape index (κ2) is 4.70. The monoisotopic (exact) mass is 238 g/mol. The van der Waals surface area contributed by atoms with Crippen LogP contribution >= 0.6 is 0 Å². The predicted octanol–water partition coefficient (Wildman–Crippen LogP) is 3.78. The van der Waals surface area contributed by atoms with Crippen molar-refractivity contribution < 1.29 is 0 Å². The molecule has 0 fully saturated rings. The summed E-state index contributed by atoms with van der Waals surface area (Å²) < 4.78 is 2.25. The van der Waals surface area contributed by atoms with Crippen molar-refractivity contribution in [2.75, 3.05) is 0 Å². The lowest BCUT2D eigenvalue weighted by atomic mass is 10.1. The molecule has 1 heterocycles. The molecule has 2 nitrogen and oxygen atoms in total. The maximum atomic E-state index is 8.85. The molecular formula is C16H18N2. The molecule has 1 aromatic heterocycles. The summed E-state index contributed by atoms with van der Waals surface area (Å²) in [7, 11) is 0. The first-order valence-electron chi connectivity index (χ1n) is 6.17. The van der Waals surface area contributed by atoms with Crippen molar-refractivity contribution in [3.8, 4) is 11.8 Å². The Morgan fingerprint density at radius 1 is 1.11 bits per heavy atom. The third-order valence-electron chi connectivity index (χ3n) is 3.41. The topological polar surface area (TPSA) is 28.7 Å². The van der Waals surface area contributed by atoms with Gasteiger partial charge in [0.2, 0.25) is 0 Å². The van der Waals surface area contributed by atoms with Crippen LogP contribution in [-0.2, 0) is 6.42 Å². The molecule has 2 aromatic rings. The second-order valence-electron chi connectivity index (χ2n) is 4.86. The first-order chi connectivity index (χ1) is 8.54. The minimum atomic E-state index is 0.477. The molecule has 0 N–H and O–H groups in total. The third-order valence-corrected chi connectivity index (χ3v) is 3.41. The van der Waals surface area contributed by atoms with E-state index in [1.165, 1.54) is 28.2 Å². The van der Waals surface area contributed by atoms with E-state index in [9.17, 15) is 0 Å². The van der Waals surface area contributed by atoms with Gasteiger partial charge in [-0.25, -0.2) is 0 Å². The van der Waals surface area contributed by atoms with Crippen LogP contribution in [0.25, 0.3) is 5.69 Å². The maximum absolute atomic E-state index is 8.85. The SMILES string of the molecule is Cc1ccc(C)c(-n2c(C)cc(CC#N)c2C)c1. The quantitative estimate of drug-likeness (QED) is 0.782. The Morgan fingerprint density at radius 3 is 2.50 bits per heavy atom. The third kappa shape index (κ3) is 2.04. The first kappa shape index (κ1) is 12.4. The van der Waals surface area contributed by atoms with E-state index in [1.54, 1.807) is 0 Å². The van der Waals surface area contributed by atoms with Crippen molar-refractivity contribution in [1.82, 2.24) is 4.57 Å². The zero-order chi connectivity index (χ0) is 13.3. The Hall–Kier alpha value is -2.01. The lowest BCUT2D eigenvalue weighted by Gasteiger charge is -2.13. The van der Waals surface area contributed by atoms with Crippen molar-refractivity contribution in [3.63, 3.8) is 0 Å². The zero-order valence-electron chi connectivity index (χ0n) is 11.4. The fraction of sp³-hybridized carbons (Fsp3) is 0.312. The first-order valence-corrected chi connectivity index (χ1v) is 6.17. The van der Waals surface area contributed by atoms with Gasteiger partial charge in [-0.1, -0.05) is 12.1 Å². The number of aromatic nitrogens is 1. The molecule has 2 heteroatoms. The number of aryl methyl sites for hydroxylation is 3. The van der Waals surface area contributed by atoms with E-state index < -0.39 is 0 Å². The van der Waals surface area contributed by atoms with Gasteiger partial charge < -0.3 is 4.57 Å². The highest BCUT2D eigenvalue weighted by Gasteiger charge is 2.11. The van der Waals surface area contributed by atoms with Crippen LogP contribution in [0.4, 0.5) is 0 Å². The molecule has 0 bridgehead atoms. The number of nitrogens with zero attached hydrogens (tertiary/aromatic N) is 2. The van der Waals surface area contributed by atoms with Crippen LogP contribution in [0.1, 0.15) is 28.1 Å². The molecule has 0 saturated heterocycles. The highest BCUT2D eigenvalue weighted by atomic mass is 15.0. The van der Waals surface area contributed by atoms with Gasteiger partial charge in [-0.3, -0.25) is 0 Å². The molecule has 0 spiro atoms. The lowest BCUT2D eigenvalue weighted by molar-refractivity contribution is 0.944. The molecule has 0 radical (unpaired) electrons. The fourth-order valence-electron chi connectivity index (χ4n) is 2.42. The number of benzene rings is 1. The highest BCUT2D eigenvalue weighted by Crippen LogP contribution is 2.24. The van der Waals surface area contributed by atoms with E-state index in [2.05, 4.69) is 62.6 Å². The number of rotatable bonds is 2. The summed E-state index contributed by atoms with van der Waals surface area (Å²) in [4.78, 5) is 0. The average molecular weight is 238 g/mol. The number of hydrogen-bond donors (Lipinski definition) is 0. The minimum absolute atomic E-state index is 0.477. The molecule has 0 atom stereocenters. The van der Waals surface area contributed by atoms with Gasteiger partial charge in [-0.05, 0) is 56.5 Å². The molecule has 0 aliphatic carbocycles. The molecule has 1 aromatic carbocycles. The molecule has 2 rings (SSSR count). The molecule has 0 amide bonds. The minimum Gasteiger partial charge on any atom is -0.318 e. The standard InChI is InChI=1S/C16H18N2/c1-11-5-6-12(2)16(9-11)18-13(3)10-15(7-8-17)14(18)4/h5-6,9-10H,7H2,1-4H3. The molecule has 0 unspecified atom stereocenters. The predicted molar refractivity (Wildman–Crippen MR) is 74.0 cm³/mol. The molecule has 0 aliphatic rings. The van der Waals surface area contributed by atoms with Crippen LogP contribution in [0.3, 0.4) is 0 Å². The van der Waals surface area contributed by atoms with Crippen molar-refractivity contribution in [2.45, 2.75) is 34.1 Å². The van der Waals surface area contributed by atoms with Crippen LogP contribution in [0.2, 0.25) is 0 Å². The van der Waals surface area contributed by atoms with E-state index >= 15 is 0 Å². The Morgan fingerprint density at radius 2 is 1.83 bits per heavy atom. The Labute approximate surface area is 108 Å². The summed E-state index contributed by atoms with van der Waals surface area (Å²) in [5.74, 6) is 0. The van der Waals surface area contributed by atoms with Gasteiger partial charge in [0.1, 0.15) is 0 Å². The molecule has 0 aliphatic heterocycles. The van der Waals surface area contributed by atoms with Crippen LogP contribution < -0.4 is 0 Å². The largest absolute Gasteiger partial charge is 0.318 e. The molecule has 92 valence electrons. The van der Waals surface area contributed by atoms with Gasteiger partial charge in [0, 0.05) is 17.1 Å². The van der Waals surface area contributed by atoms with E-state index in [-0.39, 0.29) is 0 Å². The summed E-state index contributed by atoms with van der Waals surface area (Å²) in [5, 5.41) is 8.85. The summed E-state index contributed by atoms with van der Waals surface area (Å²) in [6.45, 7) is 8.40. The van der Waals surface area contributed by atoms with Crippen LogP contribution in [0, 0.1) is 39.0 Å². The normalized spacial score (nSPS) is 10.4. The fourth-order valence-corrected chi connectivity index (χ4v) is 2.42. The van der Waals surface area contributed by atoms with Crippen LogP contribution in [0.15, 0.2) is 24.3 Å². The Bertz CT molecular complexity index is 627. The van der Waals surface area contributed by atoms with Crippen molar-refractivity contribution in [2.24, 2.45) is 0 Å². The average Bonchev–Trinajstić information content (AvgIpc) is 2.59. The van der Waals surface area contributed by atoms with Gasteiger partial charge in [-0.15, -0.1) is 0 Å².